The first-order valence-corrected chi connectivity index (χ1v) is 14.4. The fraction of sp³-hybridized carbons (Fsp3) is 0.344. The van der Waals surface area contributed by atoms with Gasteiger partial charge in [-0.1, -0.05) is 76.2 Å². The van der Waals surface area contributed by atoms with Crippen molar-refractivity contribution in [3.8, 4) is 0 Å². The van der Waals surface area contributed by atoms with E-state index in [-0.39, 0.29) is 30.2 Å². The van der Waals surface area contributed by atoms with Gasteiger partial charge in [-0.15, -0.1) is 11.3 Å². The van der Waals surface area contributed by atoms with Gasteiger partial charge in [-0.2, -0.15) is 0 Å². The van der Waals surface area contributed by atoms with Crippen molar-refractivity contribution in [3.63, 3.8) is 0 Å². The Kier molecular flexibility index (Phi) is 8.79. The third-order valence-corrected chi connectivity index (χ3v) is 8.08. The van der Waals surface area contributed by atoms with E-state index in [1.165, 1.54) is 10.1 Å². The molecule has 0 aliphatic carbocycles. The lowest BCUT2D eigenvalue weighted by Gasteiger charge is -2.27. The van der Waals surface area contributed by atoms with Gasteiger partial charge in [-0.05, 0) is 54.0 Å². The molecule has 210 valence electrons. The van der Waals surface area contributed by atoms with Gasteiger partial charge in [0.05, 0.1) is 34.8 Å². The van der Waals surface area contributed by atoms with E-state index in [1.54, 1.807) is 19.9 Å². The number of nitrogens with two attached hydrogens (primary N) is 1. The molecule has 0 radical (unpaired) electrons. The zero-order chi connectivity index (χ0) is 29.1. The molecule has 0 fully saturated rings. The first kappa shape index (κ1) is 29.1. The molecule has 2 aromatic carbocycles. The molecule has 0 saturated carbocycles. The third-order valence-electron chi connectivity index (χ3n) is 6.98. The summed E-state index contributed by atoms with van der Waals surface area (Å²) in [5.74, 6) is -1.52. The Bertz CT molecular complexity index is 1620. The quantitative estimate of drug-likeness (QED) is 0.415. The second-order valence-electron chi connectivity index (χ2n) is 10.3. The minimum Gasteiger partial charge on any atom is -0.463 e. The lowest BCUT2D eigenvalue weighted by Crippen LogP contribution is -2.42. The highest BCUT2D eigenvalue weighted by Gasteiger charge is 2.40. The average Bonchev–Trinajstić information content (AvgIpc) is 3.24. The van der Waals surface area contributed by atoms with Crippen molar-refractivity contribution < 1.29 is 19.1 Å². The number of benzene rings is 2. The predicted molar refractivity (Wildman–Crippen MR) is 159 cm³/mol. The Morgan fingerprint density at radius 1 is 0.875 bits per heavy atom. The number of nitrogens with zero attached hydrogens (tertiary/aromatic N) is 1. The molecule has 1 aliphatic heterocycles. The smallest absolute Gasteiger partial charge is 0.338 e. The molecule has 2 heterocycles. The van der Waals surface area contributed by atoms with Gasteiger partial charge in [0.2, 0.25) is 0 Å². The summed E-state index contributed by atoms with van der Waals surface area (Å²) in [4.78, 5) is 40.6. The van der Waals surface area contributed by atoms with Crippen LogP contribution in [0.4, 0.5) is 0 Å². The maximum Gasteiger partial charge on any atom is 0.338 e. The summed E-state index contributed by atoms with van der Waals surface area (Å²) in [6, 6.07) is 15.7. The number of esters is 2. The molecule has 0 unspecified atom stereocenters. The van der Waals surface area contributed by atoms with Crippen LogP contribution >= 0.6 is 11.3 Å². The molecule has 0 spiro atoms. The summed E-state index contributed by atoms with van der Waals surface area (Å²) in [7, 11) is 0. The molecule has 1 aliphatic rings. The van der Waals surface area contributed by atoms with Crippen molar-refractivity contribution in [1.29, 1.82) is 0 Å². The van der Waals surface area contributed by atoms with Gasteiger partial charge in [0.25, 0.3) is 5.56 Å². The topological polar surface area (TPSA) is 101 Å². The Morgan fingerprint density at radius 2 is 1.38 bits per heavy atom. The monoisotopic (exact) mass is 560 g/mol. The van der Waals surface area contributed by atoms with E-state index < -0.39 is 23.4 Å². The number of carbonyl (C=O) groups excluding carboxylic acids is 2. The molecular weight excluding hydrogens is 524 g/mol. The van der Waals surface area contributed by atoms with Crippen molar-refractivity contribution >= 4 is 40.7 Å². The minimum absolute atomic E-state index is 0.0439. The summed E-state index contributed by atoms with van der Waals surface area (Å²) in [5, 5.41) is 0. The maximum atomic E-state index is 13.7. The molecule has 0 bridgehead atoms. The largest absolute Gasteiger partial charge is 0.463 e. The van der Waals surface area contributed by atoms with E-state index in [0.29, 0.717) is 26.6 Å². The van der Waals surface area contributed by atoms with Crippen molar-refractivity contribution in [2.45, 2.75) is 59.3 Å². The van der Waals surface area contributed by atoms with E-state index in [9.17, 15) is 14.4 Å². The van der Waals surface area contributed by atoms with Crippen LogP contribution in [0.2, 0.25) is 0 Å². The van der Waals surface area contributed by atoms with E-state index in [2.05, 4.69) is 27.7 Å². The summed E-state index contributed by atoms with van der Waals surface area (Å²) in [6.45, 7) is 12.1. The second kappa shape index (κ2) is 12.1. The zero-order valence-corrected chi connectivity index (χ0v) is 24.6. The minimum atomic E-state index is -0.865. The zero-order valence-electron chi connectivity index (χ0n) is 23.8. The van der Waals surface area contributed by atoms with Crippen LogP contribution < -0.4 is 20.5 Å². The van der Waals surface area contributed by atoms with E-state index in [1.807, 2.05) is 48.5 Å². The van der Waals surface area contributed by atoms with Crippen LogP contribution in [0.3, 0.4) is 0 Å². The molecule has 0 amide bonds. The van der Waals surface area contributed by atoms with Crippen LogP contribution in [-0.4, -0.2) is 29.7 Å². The lowest BCUT2D eigenvalue weighted by molar-refractivity contribution is -0.138. The molecule has 1 aromatic heterocycles. The van der Waals surface area contributed by atoms with Crippen molar-refractivity contribution in [3.05, 3.63) is 95.9 Å². The number of hydrogen-bond donors (Lipinski definition) is 1. The third kappa shape index (κ3) is 5.54. The summed E-state index contributed by atoms with van der Waals surface area (Å²) in [6.07, 6.45) is 1.77. The Hall–Kier alpha value is -3.91. The van der Waals surface area contributed by atoms with Crippen LogP contribution in [0.1, 0.15) is 81.5 Å². The normalized spacial score (nSPS) is 15.6. The number of thiazole rings is 1. The predicted octanol–water partition coefficient (Wildman–Crippen LogP) is 4.19. The highest BCUT2D eigenvalue weighted by molar-refractivity contribution is 7.07. The van der Waals surface area contributed by atoms with Gasteiger partial charge < -0.3 is 15.2 Å². The molecule has 3 aromatic rings. The van der Waals surface area contributed by atoms with Crippen LogP contribution in [0, 0.1) is 0 Å². The number of hydrogen-bond acceptors (Lipinski definition) is 7. The fourth-order valence-electron chi connectivity index (χ4n) is 4.80. The first-order valence-electron chi connectivity index (χ1n) is 13.6. The summed E-state index contributed by atoms with van der Waals surface area (Å²) < 4.78 is 12.8. The molecular formula is C32H36N2O5S. The Labute approximate surface area is 238 Å². The lowest BCUT2D eigenvalue weighted by atomic mass is 9.82. The molecule has 2 N–H and O–H groups in total. The number of ether oxygens (including phenoxy) is 2. The van der Waals surface area contributed by atoms with Crippen molar-refractivity contribution in [2.75, 3.05) is 13.2 Å². The highest BCUT2D eigenvalue weighted by atomic mass is 32.1. The molecule has 4 rings (SSSR count). The van der Waals surface area contributed by atoms with Crippen LogP contribution in [0.25, 0.3) is 17.5 Å². The van der Waals surface area contributed by atoms with Crippen molar-refractivity contribution in [1.82, 2.24) is 4.57 Å². The van der Waals surface area contributed by atoms with Gasteiger partial charge >= 0.3 is 11.9 Å². The molecule has 7 nitrogen and oxygen atoms in total. The van der Waals surface area contributed by atoms with E-state index in [4.69, 9.17) is 15.2 Å². The van der Waals surface area contributed by atoms with Gasteiger partial charge in [-0.3, -0.25) is 9.36 Å². The Morgan fingerprint density at radius 3 is 1.88 bits per heavy atom. The molecule has 40 heavy (non-hydrogen) atoms. The molecule has 0 saturated heterocycles. The summed E-state index contributed by atoms with van der Waals surface area (Å²) in [5.41, 5.74) is 10.2. The van der Waals surface area contributed by atoms with Gasteiger partial charge in [0, 0.05) is 0 Å². The Balaban J connectivity index is 2.04. The maximum absolute atomic E-state index is 13.7. The standard InChI is InChI=1S/C32H36N2O5S/c1-7-38-31(36)26-25(23-15-13-22(14-16-23)19(5)6)27(32(37)39-8-2)30-34(28(26)33)29(35)24(40-30)17-20-9-11-21(12-10-20)18(3)4/h9-19,25H,7-8,33H2,1-6H3/b24-17-/t25-/m0/s1. The second-order valence-corrected chi connectivity index (χ2v) is 11.3. The first-order chi connectivity index (χ1) is 19.1. The van der Waals surface area contributed by atoms with Gasteiger partial charge in [-0.25, -0.2) is 9.59 Å². The van der Waals surface area contributed by atoms with Crippen molar-refractivity contribution in [2.24, 2.45) is 5.73 Å². The summed E-state index contributed by atoms with van der Waals surface area (Å²) >= 11 is 1.16. The van der Waals surface area contributed by atoms with Crippen LogP contribution in [0.5, 0.6) is 0 Å². The number of fused-ring (bicyclic) bond motifs is 1. The fourth-order valence-corrected chi connectivity index (χ4v) is 5.96. The highest BCUT2D eigenvalue weighted by Crippen LogP contribution is 2.38. The van der Waals surface area contributed by atoms with Crippen LogP contribution in [0.15, 0.2) is 58.9 Å². The van der Waals surface area contributed by atoms with E-state index >= 15 is 0 Å². The number of rotatable bonds is 8. The number of carbonyl (C=O) groups is 2. The SMILES string of the molecule is CCOC(=O)C1=C(N)n2c(s/c(=C\c3ccc(C(C)C)cc3)c2=O)=C(C(=O)OCC)[C@H]1c1ccc(C(C)C)cc1. The number of aromatic nitrogens is 1. The van der Waals surface area contributed by atoms with Gasteiger partial charge in [0.15, 0.2) is 0 Å². The molecule has 8 heteroatoms. The molecule has 1 atom stereocenters. The van der Waals surface area contributed by atoms with Gasteiger partial charge in [0.1, 0.15) is 10.5 Å². The average molecular weight is 561 g/mol. The van der Waals surface area contributed by atoms with E-state index in [0.717, 1.165) is 22.5 Å². The van der Waals surface area contributed by atoms with Crippen LogP contribution in [-0.2, 0) is 19.1 Å².